The second-order valence-corrected chi connectivity index (χ2v) is 5.16. The van der Waals surface area contributed by atoms with Crippen molar-refractivity contribution in [3.63, 3.8) is 0 Å². The Bertz CT molecular complexity index is 494. The average Bonchev–Trinajstić information content (AvgIpc) is 2.85. The van der Waals surface area contributed by atoms with Gasteiger partial charge in [-0.25, -0.2) is 4.98 Å². The van der Waals surface area contributed by atoms with E-state index in [1.54, 1.807) is 6.20 Å². The van der Waals surface area contributed by atoms with E-state index in [-0.39, 0.29) is 0 Å². The van der Waals surface area contributed by atoms with Crippen LogP contribution in [0, 0.1) is 6.92 Å². The third kappa shape index (κ3) is 3.00. The minimum absolute atomic E-state index is 0.290. The van der Waals surface area contributed by atoms with E-state index in [1.807, 2.05) is 6.20 Å². The summed E-state index contributed by atoms with van der Waals surface area (Å²) in [7, 11) is 0. The van der Waals surface area contributed by atoms with Crippen LogP contribution in [0.2, 0.25) is 0 Å². The van der Waals surface area contributed by atoms with E-state index in [9.17, 15) is 0 Å². The number of H-pyrrole nitrogens is 1. The lowest BCUT2D eigenvalue weighted by Crippen LogP contribution is -2.24. The lowest BCUT2D eigenvalue weighted by Gasteiger charge is -2.20. The van der Waals surface area contributed by atoms with Crippen molar-refractivity contribution >= 4 is 15.9 Å². The van der Waals surface area contributed by atoms with Gasteiger partial charge in [-0.15, -0.1) is 0 Å². The molecule has 1 aromatic carbocycles. The second kappa shape index (κ2) is 6.16. The van der Waals surface area contributed by atoms with Gasteiger partial charge in [-0.05, 0) is 30.7 Å². The summed E-state index contributed by atoms with van der Waals surface area (Å²) in [5, 5.41) is 3.52. The Morgan fingerprint density at radius 3 is 2.94 bits per heavy atom. The molecule has 0 aliphatic heterocycles. The first kappa shape index (κ1) is 13.3. The van der Waals surface area contributed by atoms with Gasteiger partial charge in [0.2, 0.25) is 0 Å². The van der Waals surface area contributed by atoms with Crippen molar-refractivity contribution in [1.82, 2.24) is 15.3 Å². The maximum Gasteiger partial charge on any atom is 0.107 e. The van der Waals surface area contributed by atoms with E-state index in [0.29, 0.717) is 6.04 Å². The molecule has 1 unspecified atom stereocenters. The molecular weight excluding hydrogens is 290 g/mol. The SMILES string of the molecule is CCNC(Cc1ncc[nH]1)c1cccc(Br)c1C. The predicted octanol–water partition coefficient (Wildman–Crippen LogP) is 3.37. The third-order valence-electron chi connectivity index (χ3n) is 3.09. The molecule has 0 aliphatic rings. The summed E-state index contributed by atoms with van der Waals surface area (Å²) in [4.78, 5) is 7.48. The molecular formula is C14H18BrN3. The standard InChI is InChI=1S/C14H18BrN3/c1-3-16-13(9-14-17-7-8-18-14)11-5-4-6-12(15)10(11)2/h4-8,13,16H,3,9H2,1-2H3,(H,17,18). The van der Waals surface area contributed by atoms with Crippen LogP contribution in [0.1, 0.15) is 29.9 Å². The maximum atomic E-state index is 4.31. The monoisotopic (exact) mass is 307 g/mol. The van der Waals surface area contributed by atoms with Crippen molar-refractivity contribution in [1.29, 1.82) is 0 Å². The number of hydrogen-bond acceptors (Lipinski definition) is 2. The molecule has 0 saturated carbocycles. The number of likely N-dealkylation sites (N-methyl/N-ethyl adjacent to an activating group) is 1. The van der Waals surface area contributed by atoms with Gasteiger partial charge in [-0.3, -0.25) is 0 Å². The van der Waals surface area contributed by atoms with Crippen LogP contribution in [0.25, 0.3) is 0 Å². The number of benzene rings is 1. The van der Waals surface area contributed by atoms with Crippen LogP contribution in [-0.4, -0.2) is 16.5 Å². The maximum absolute atomic E-state index is 4.31. The van der Waals surface area contributed by atoms with Gasteiger partial charge in [0, 0.05) is 29.3 Å². The van der Waals surface area contributed by atoms with Gasteiger partial charge in [0.05, 0.1) is 0 Å². The number of nitrogens with zero attached hydrogens (tertiary/aromatic N) is 1. The van der Waals surface area contributed by atoms with Gasteiger partial charge in [0.15, 0.2) is 0 Å². The Balaban J connectivity index is 2.26. The van der Waals surface area contributed by atoms with Gasteiger partial charge >= 0.3 is 0 Å². The summed E-state index contributed by atoms with van der Waals surface area (Å²) < 4.78 is 1.15. The smallest absolute Gasteiger partial charge is 0.107 e. The Morgan fingerprint density at radius 2 is 2.28 bits per heavy atom. The highest BCUT2D eigenvalue weighted by Gasteiger charge is 2.15. The molecule has 96 valence electrons. The van der Waals surface area contributed by atoms with E-state index in [2.05, 4.69) is 63.3 Å². The molecule has 1 aromatic heterocycles. The summed E-state index contributed by atoms with van der Waals surface area (Å²) in [5.74, 6) is 1.01. The van der Waals surface area contributed by atoms with Crippen molar-refractivity contribution in [3.05, 3.63) is 52.0 Å². The van der Waals surface area contributed by atoms with Crippen LogP contribution < -0.4 is 5.32 Å². The van der Waals surface area contributed by atoms with Crippen LogP contribution in [-0.2, 0) is 6.42 Å². The molecule has 0 bridgehead atoms. The zero-order valence-electron chi connectivity index (χ0n) is 10.7. The molecule has 0 spiro atoms. The van der Waals surface area contributed by atoms with E-state index >= 15 is 0 Å². The highest BCUT2D eigenvalue weighted by Crippen LogP contribution is 2.26. The molecule has 4 heteroatoms. The van der Waals surface area contributed by atoms with Gasteiger partial charge in [-0.1, -0.05) is 35.0 Å². The van der Waals surface area contributed by atoms with Crippen LogP contribution in [0.4, 0.5) is 0 Å². The van der Waals surface area contributed by atoms with Gasteiger partial charge < -0.3 is 10.3 Å². The molecule has 0 amide bonds. The summed E-state index contributed by atoms with van der Waals surface area (Å²) >= 11 is 3.59. The predicted molar refractivity (Wildman–Crippen MR) is 77.6 cm³/mol. The van der Waals surface area contributed by atoms with Crippen molar-refractivity contribution in [2.24, 2.45) is 0 Å². The molecule has 18 heavy (non-hydrogen) atoms. The minimum atomic E-state index is 0.290. The van der Waals surface area contributed by atoms with Crippen LogP contribution in [0.3, 0.4) is 0 Å². The van der Waals surface area contributed by atoms with Gasteiger partial charge in [0.1, 0.15) is 5.82 Å². The number of imidazole rings is 1. The third-order valence-corrected chi connectivity index (χ3v) is 3.95. The first-order chi connectivity index (χ1) is 8.72. The molecule has 0 saturated heterocycles. The van der Waals surface area contributed by atoms with Crippen LogP contribution in [0.15, 0.2) is 35.1 Å². The van der Waals surface area contributed by atoms with Crippen molar-refractivity contribution in [2.45, 2.75) is 26.3 Å². The van der Waals surface area contributed by atoms with Crippen LogP contribution >= 0.6 is 15.9 Å². The zero-order chi connectivity index (χ0) is 13.0. The fourth-order valence-corrected chi connectivity index (χ4v) is 2.52. The molecule has 1 heterocycles. The molecule has 2 rings (SSSR count). The molecule has 0 radical (unpaired) electrons. The van der Waals surface area contributed by atoms with Gasteiger partial charge in [0.25, 0.3) is 0 Å². The first-order valence-electron chi connectivity index (χ1n) is 6.19. The van der Waals surface area contributed by atoms with E-state index in [0.717, 1.165) is 23.3 Å². The molecule has 3 nitrogen and oxygen atoms in total. The lowest BCUT2D eigenvalue weighted by atomic mass is 9.98. The minimum Gasteiger partial charge on any atom is -0.349 e. The summed E-state index contributed by atoms with van der Waals surface area (Å²) in [5.41, 5.74) is 2.61. The lowest BCUT2D eigenvalue weighted by molar-refractivity contribution is 0.536. The number of nitrogens with one attached hydrogen (secondary N) is 2. The molecule has 0 fully saturated rings. The highest BCUT2D eigenvalue weighted by atomic mass is 79.9. The largest absolute Gasteiger partial charge is 0.349 e. The zero-order valence-corrected chi connectivity index (χ0v) is 12.3. The van der Waals surface area contributed by atoms with E-state index < -0.39 is 0 Å². The quantitative estimate of drug-likeness (QED) is 0.889. The Morgan fingerprint density at radius 1 is 1.44 bits per heavy atom. The molecule has 0 aliphatic carbocycles. The Hall–Kier alpha value is -1.13. The Kier molecular flexibility index (Phi) is 4.55. The number of rotatable bonds is 5. The molecule has 2 N–H and O–H groups in total. The average molecular weight is 308 g/mol. The summed E-state index contributed by atoms with van der Waals surface area (Å²) in [6, 6.07) is 6.63. The summed E-state index contributed by atoms with van der Waals surface area (Å²) in [6.45, 7) is 5.21. The number of aromatic amines is 1. The van der Waals surface area contributed by atoms with Crippen molar-refractivity contribution < 1.29 is 0 Å². The van der Waals surface area contributed by atoms with Gasteiger partial charge in [-0.2, -0.15) is 0 Å². The Labute approximate surface area is 116 Å². The normalized spacial score (nSPS) is 12.6. The fourth-order valence-electron chi connectivity index (χ4n) is 2.14. The second-order valence-electron chi connectivity index (χ2n) is 4.30. The van der Waals surface area contributed by atoms with E-state index in [1.165, 1.54) is 11.1 Å². The molecule has 1 atom stereocenters. The molecule has 2 aromatic rings. The van der Waals surface area contributed by atoms with Crippen molar-refractivity contribution in [2.75, 3.05) is 6.54 Å². The number of halogens is 1. The number of hydrogen-bond donors (Lipinski definition) is 2. The summed E-state index contributed by atoms with van der Waals surface area (Å²) in [6.07, 6.45) is 4.54. The van der Waals surface area contributed by atoms with Crippen LogP contribution in [0.5, 0.6) is 0 Å². The number of aromatic nitrogens is 2. The topological polar surface area (TPSA) is 40.7 Å². The first-order valence-corrected chi connectivity index (χ1v) is 6.98. The van der Waals surface area contributed by atoms with Crippen molar-refractivity contribution in [3.8, 4) is 0 Å². The van der Waals surface area contributed by atoms with E-state index in [4.69, 9.17) is 0 Å². The fraction of sp³-hybridized carbons (Fsp3) is 0.357. The highest BCUT2D eigenvalue weighted by molar-refractivity contribution is 9.10.